The van der Waals surface area contributed by atoms with Gasteiger partial charge in [0.05, 0.1) is 11.1 Å². The quantitative estimate of drug-likeness (QED) is 0.411. The largest absolute Gasteiger partial charge is 0.387 e. The van der Waals surface area contributed by atoms with Crippen LogP contribution in [0.3, 0.4) is 0 Å². The van der Waals surface area contributed by atoms with Crippen LogP contribution in [0.25, 0.3) is 0 Å². The van der Waals surface area contributed by atoms with Crippen LogP contribution < -0.4 is 11.1 Å². The van der Waals surface area contributed by atoms with Crippen molar-refractivity contribution in [1.82, 2.24) is 10.3 Å². The lowest BCUT2D eigenvalue weighted by Crippen LogP contribution is -2.20. The number of thioether (sulfide) groups is 2. The van der Waals surface area contributed by atoms with Gasteiger partial charge < -0.3 is 9.05 Å². The molecule has 0 aliphatic rings. The minimum absolute atomic E-state index is 0.0981. The van der Waals surface area contributed by atoms with E-state index in [1.165, 1.54) is 30.5 Å². The van der Waals surface area contributed by atoms with Crippen LogP contribution in [-0.2, 0) is 12.8 Å². The van der Waals surface area contributed by atoms with Crippen LogP contribution in [0, 0.1) is 10.8 Å². The zero-order chi connectivity index (χ0) is 21.3. The normalized spacial score (nSPS) is 12.6. The fourth-order valence-corrected chi connectivity index (χ4v) is 5.84. The summed E-state index contributed by atoms with van der Waals surface area (Å²) in [6, 6.07) is 0. The summed E-state index contributed by atoms with van der Waals surface area (Å²) in [5, 5.41) is 4.71. The average Bonchev–Trinajstić information content (AvgIpc) is 3.21. The Hall–Kier alpha value is -1.28. The number of aromatic amines is 2. The van der Waals surface area contributed by atoms with Crippen LogP contribution >= 0.6 is 23.5 Å². The van der Waals surface area contributed by atoms with Gasteiger partial charge in [-0.2, -0.15) is 33.8 Å². The first-order valence-corrected chi connectivity index (χ1v) is 12.5. The van der Waals surface area contributed by atoms with Gasteiger partial charge in [-0.3, -0.25) is 9.59 Å². The molecule has 164 valence electrons. The molecule has 0 saturated carbocycles. The van der Waals surface area contributed by atoms with E-state index < -0.39 is 0 Å². The molecule has 0 fully saturated rings. The third-order valence-corrected chi connectivity index (χ3v) is 7.19. The van der Waals surface area contributed by atoms with Gasteiger partial charge in [-0.05, 0) is 65.9 Å². The number of rotatable bonds is 14. The lowest BCUT2D eigenvalue weighted by atomic mass is 9.84. The van der Waals surface area contributed by atoms with Gasteiger partial charge in [0.1, 0.15) is 12.5 Å². The molecular formula is C21H34N2O4S2. The fourth-order valence-electron chi connectivity index (χ4n) is 3.16. The SMILES string of the molecule is CC(C)(CCSCCCSCCC(C)(C)Cc1co[nH]c1=O)Cc1co[nH]c1=O. The topological polar surface area (TPSA) is 92.0 Å². The molecule has 6 nitrogen and oxygen atoms in total. The van der Waals surface area contributed by atoms with Crippen LogP contribution in [-0.4, -0.2) is 33.3 Å². The average molecular weight is 443 g/mol. The zero-order valence-electron chi connectivity index (χ0n) is 18.0. The lowest BCUT2D eigenvalue weighted by molar-refractivity contribution is 0.350. The van der Waals surface area contributed by atoms with Crippen molar-refractivity contribution in [3.05, 3.63) is 44.4 Å². The van der Waals surface area contributed by atoms with Crippen LogP contribution in [0.1, 0.15) is 58.1 Å². The van der Waals surface area contributed by atoms with Gasteiger partial charge in [-0.1, -0.05) is 27.7 Å². The fraction of sp³-hybridized carbons (Fsp3) is 0.714. The molecule has 2 N–H and O–H groups in total. The summed E-state index contributed by atoms with van der Waals surface area (Å²) in [7, 11) is 0. The molecule has 0 aliphatic carbocycles. The molecule has 2 rings (SSSR count). The van der Waals surface area contributed by atoms with Gasteiger partial charge in [0.25, 0.3) is 11.1 Å². The summed E-state index contributed by atoms with van der Waals surface area (Å²) < 4.78 is 9.74. The molecule has 2 aromatic rings. The number of H-pyrrole nitrogens is 2. The van der Waals surface area contributed by atoms with Crippen molar-refractivity contribution in [3.8, 4) is 0 Å². The highest BCUT2D eigenvalue weighted by Crippen LogP contribution is 2.28. The second-order valence-electron chi connectivity index (χ2n) is 9.14. The zero-order valence-corrected chi connectivity index (χ0v) is 19.6. The summed E-state index contributed by atoms with van der Waals surface area (Å²) in [5.41, 5.74) is 1.44. The summed E-state index contributed by atoms with van der Waals surface area (Å²) >= 11 is 3.99. The lowest BCUT2D eigenvalue weighted by Gasteiger charge is -2.23. The minimum atomic E-state index is -0.109. The molecule has 0 aromatic carbocycles. The molecule has 0 radical (unpaired) electrons. The number of nitrogens with one attached hydrogen (secondary N) is 2. The van der Waals surface area contributed by atoms with Crippen molar-refractivity contribution in [3.63, 3.8) is 0 Å². The monoisotopic (exact) mass is 442 g/mol. The molecule has 29 heavy (non-hydrogen) atoms. The van der Waals surface area contributed by atoms with E-state index in [9.17, 15) is 9.59 Å². The molecule has 0 atom stereocenters. The van der Waals surface area contributed by atoms with E-state index in [1.54, 1.807) is 0 Å². The van der Waals surface area contributed by atoms with Crippen molar-refractivity contribution in [1.29, 1.82) is 0 Å². The second kappa shape index (κ2) is 11.2. The minimum Gasteiger partial charge on any atom is -0.387 e. The predicted octanol–water partition coefficient (Wildman–Crippen LogP) is 4.72. The van der Waals surface area contributed by atoms with Gasteiger partial charge >= 0.3 is 0 Å². The standard InChI is InChI=1S/C21H34N2O4S2/c1-20(2,12-16-14-26-22-18(16)24)6-10-28-8-5-9-29-11-7-21(3,4)13-17-15-27-23-19(17)25/h14-15H,5-13H2,1-4H3,(H,22,24)(H,23,25). The second-order valence-corrected chi connectivity index (χ2v) is 11.6. The molecule has 0 amide bonds. The van der Waals surface area contributed by atoms with Gasteiger partial charge in [-0.25, -0.2) is 0 Å². The molecule has 0 bridgehead atoms. The van der Waals surface area contributed by atoms with Crippen LogP contribution in [0.15, 0.2) is 31.2 Å². The van der Waals surface area contributed by atoms with Crippen molar-refractivity contribution >= 4 is 23.5 Å². The van der Waals surface area contributed by atoms with E-state index in [0.29, 0.717) is 0 Å². The third kappa shape index (κ3) is 8.95. The molecule has 2 heterocycles. The van der Waals surface area contributed by atoms with E-state index in [2.05, 4.69) is 38.0 Å². The van der Waals surface area contributed by atoms with Crippen LogP contribution in [0.4, 0.5) is 0 Å². The molecule has 2 aromatic heterocycles. The maximum absolute atomic E-state index is 11.6. The van der Waals surface area contributed by atoms with Crippen molar-refractivity contribution in [2.24, 2.45) is 10.8 Å². The molecular weight excluding hydrogens is 408 g/mol. The first-order valence-electron chi connectivity index (χ1n) is 10.1. The highest BCUT2D eigenvalue weighted by Gasteiger charge is 2.21. The summed E-state index contributed by atoms with van der Waals surface area (Å²) in [6.07, 6.45) is 7.92. The first kappa shape index (κ1) is 24.0. The van der Waals surface area contributed by atoms with E-state index in [-0.39, 0.29) is 21.9 Å². The Balaban J connectivity index is 1.50. The van der Waals surface area contributed by atoms with Crippen molar-refractivity contribution in [2.45, 2.75) is 59.8 Å². The summed E-state index contributed by atoms with van der Waals surface area (Å²) in [6.45, 7) is 8.81. The van der Waals surface area contributed by atoms with E-state index in [4.69, 9.17) is 9.05 Å². The number of hydrogen-bond donors (Lipinski definition) is 2. The highest BCUT2D eigenvalue weighted by molar-refractivity contribution is 8.00. The van der Waals surface area contributed by atoms with Crippen molar-refractivity contribution in [2.75, 3.05) is 23.0 Å². The molecule has 0 saturated heterocycles. The van der Waals surface area contributed by atoms with E-state index >= 15 is 0 Å². The molecule has 0 unspecified atom stereocenters. The van der Waals surface area contributed by atoms with E-state index in [0.717, 1.165) is 48.3 Å². The van der Waals surface area contributed by atoms with Crippen LogP contribution in [0.2, 0.25) is 0 Å². The molecule has 8 heteroatoms. The number of aromatic nitrogens is 2. The Morgan fingerprint density at radius 1 is 0.759 bits per heavy atom. The summed E-state index contributed by atoms with van der Waals surface area (Å²) in [5.74, 6) is 4.56. The maximum Gasteiger partial charge on any atom is 0.283 e. The van der Waals surface area contributed by atoms with Crippen molar-refractivity contribution < 1.29 is 9.05 Å². The van der Waals surface area contributed by atoms with Gasteiger partial charge in [0.2, 0.25) is 0 Å². The first-order chi connectivity index (χ1) is 13.7. The Labute approximate surface area is 180 Å². The third-order valence-electron chi connectivity index (χ3n) is 5.05. The van der Waals surface area contributed by atoms with Crippen LogP contribution in [0.5, 0.6) is 0 Å². The van der Waals surface area contributed by atoms with E-state index in [1.807, 2.05) is 23.5 Å². The maximum atomic E-state index is 11.6. The number of hydrogen-bond acceptors (Lipinski definition) is 6. The van der Waals surface area contributed by atoms with Gasteiger partial charge in [-0.15, -0.1) is 0 Å². The van der Waals surface area contributed by atoms with Gasteiger partial charge in [0.15, 0.2) is 0 Å². The Morgan fingerprint density at radius 3 is 1.52 bits per heavy atom. The highest BCUT2D eigenvalue weighted by atomic mass is 32.2. The van der Waals surface area contributed by atoms with Gasteiger partial charge in [0, 0.05) is 0 Å². The molecule has 0 spiro atoms. The molecule has 0 aliphatic heterocycles. The Bertz CT molecular complexity index is 764. The Morgan fingerprint density at radius 2 is 1.17 bits per heavy atom. The summed E-state index contributed by atoms with van der Waals surface area (Å²) in [4.78, 5) is 23.2. The predicted molar refractivity (Wildman–Crippen MR) is 122 cm³/mol. The smallest absolute Gasteiger partial charge is 0.283 e. The Kier molecular flexibility index (Phi) is 9.27.